The Balaban J connectivity index is 2.17. The van der Waals surface area contributed by atoms with Gasteiger partial charge >= 0.3 is 5.97 Å². The first-order valence-corrected chi connectivity index (χ1v) is 11.4. The molecular weight excluding hydrogens is 445 g/mol. The summed E-state index contributed by atoms with van der Waals surface area (Å²) in [4.78, 5) is 12.5. The highest BCUT2D eigenvalue weighted by molar-refractivity contribution is 7.92. The van der Waals surface area contributed by atoms with Crippen molar-refractivity contribution in [2.45, 2.75) is 31.3 Å². The first-order chi connectivity index (χ1) is 14.0. The first-order valence-electron chi connectivity index (χ1n) is 9.16. The van der Waals surface area contributed by atoms with E-state index in [-0.39, 0.29) is 14.9 Å². The van der Waals surface area contributed by atoms with Crippen molar-refractivity contribution in [3.63, 3.8) is 0 Å². The molecular formula is C22H21Cl2NO4S. The molecule has 0 aromatic heterocycles. The van der Waals surface area contributed by atoms with Gasteiger partial charge in [-0.05, 0) is 50.4 Å². The van der Waals surface area contributed by atoms with Crippen LogP contribution in [0, 0.1) is 0 Å². The molecule has 0 fully saturated rings. The maximum Gasteiger partial charge on any atom is 0.327 e. The van der Waals surface area contributed by atoms with E-state index in [1.54, 1.807) is 45.0 Å². The number of carbonyl (C=O) groups is 1. The third-order valence-electron chi connectivity index (χ3n) is 4.15. The summed E-state index contributed by atoms with van der Waals surface area (Å²) in [7, 11) is -4.18. The topological polar surface area (TPSA) is 63.7 Å². The van der Waals surface area contributed by atoms with E-state index in [2.05, 4.69) is 0 Å². The molecule has 0 saturated heterocycles. The molecule has 3 aromatic rings. The summed E-state index contributed by atoms with van der Waals surface area (Å²) in [5.74, 6) is -0.674. The van der Waals surface area contributed by atoms with Gasteiger partial charge in [0.25, 0.3) is 10.0 Å². The summed E-state index contributed by atoms with van der Waals surface area (Å²) in [6, 6.07) is 16.6. The maximum absolute atomic E-state index is 13.6. The van der Waals surface area contributed by atoms with E-state index >= 15 is 0 Å². The average Bonchev–Trinajstić information content (AvgIpc) is 2.63. The molecule has 0 amide bonds. The fraction of sp³-hybridized carbons (Fsp3) is 0.227. The largest absolute Gasteiger partial charge is 0.459 e. The molecule has 3 aromatic carbocycles. The molecule has 0 spiro atoms. The van der Waals surface area contributed by atoms with E-state index in [9.17, 15) is 13.2 Å². The lowest BCUT2D eigenvalue weighted by molar-refractivity contribution is -0.152. The van der Waals surface area contributed by atoms with Gasteiger partial charge in [0.15, 0.2) is 0 Å². The van der Waals surface area contributed by atoms with Gasteiger partial charge < -0.3 is 4.74 Å². The molecule has 30 heavy (non-hydrogen) atoms. The van der Waals surface area contributed by atoms with Crippen molar-refractivity contribution in [2.24, 2.45) is 0 Å². The van der Waals surface area contributed by atoms with E-state index in [1.165, 1.54) is 18.2 Å². The lowest BCUT2D eigenvalue weighted by Gasteiger charge is -2.27. The minimum atomic E-state index is -4.18. The van der Waals surface area contributed by atoms with Crippen molar-refractivity contribution in [3.8, 4) is 0 Å². The molecule has 0 unspecified atom stereocenters. The zero-order valence-electron chi connectivity index (χ0n) is 16.7. The lowest BCUT2D eigenvalue weighted by atomic mass is 10.1. The average molecular weight is 466 g/mol. The van der Waals surface area contributed by atoms with Crippen LogP contribution in [0.25, 0.3) is 10.8 Å². The van der Waals surface area contributed by atoms with E-state index in [0.29, 0.717) is 11.1 Å². The van der Waals surface area contributed by atoms with E-state index in [0.717, 1.165) is 9.69 Å². The highest BCUT2D eigenvalue weighted by atomic mass is 35.5. The van der Waals surface area contributed by atoms with Gasteiger partial charge in [0.05, 0.1) is 10.6 Å². The SMILES string of the molecule is CC(C)(C)OC(=O)CN(c1cccc2ccccc12)S(=O)(=O)c1cc(Cl)cc(Cl)c1. The van der Waals surface area contributed by atoms with Crippen LogP contribution >= 0.6 is 23.2 Å². The second-order valence-electron chi connectivity index (χ2n) is 7.70. The maximum atomic E-state index is 13.6. The Bertz CT molecular complexity index is 1180. The Morgan fingerprint density at radius 3 is 2.20 bits per heavy atom. The number of benzene rings is 3. The third-order valence-corrected chi connectivity index (χ3v) is 6.33. The second kappa shape index (κ2) is 8.46. The van der Waals surface area contributed by atoms with Crippen LogP contribution in [0.5, 0.6) is 0 Å². The predicted octanol–water partition coefficient (Wildman–Crippen LogP) is 5.68. The van der Waals surface area contributed by atoms with Crippen LogP contribution in [0.15, 0.2) is 65.6 Å². The fourth-order valence-electron chi connectivity index (χ4n) is 3.02. The van der Waals surface area contributed by atoms with Crippen LogP contribution in [0.2, 0.25) is 10.0 Å². The van der Waals surface area contributed by atoms with Crippen molar-refractivity contribution in [1.29, 1.82) is 0 Å². The number of halogens is 2. The zero-order chi connectivity index (χ0) is 22.1. The first kappa shape index (κ1) is 22.4. The van der Waals surface area contributed by atoms with Gasteiger partial charge in [0, 0.05) is 15.4 Å². The molecule has 0 aliphatic rings. The number of esters is 1. The van der Waals surface area contributed by atoms with Gasteiger partial charge in [-0.1, -0.05) is 59.6 Å². The number of fused-ring (bicyclic) bond motifs is 1. The second-order valence-corrected chi connectivity index (χ2v) is 10.4. The standard InChI is InChI=1S/C22H21Cl2NO4S/c1-22(2,3)29-21(26)14-25(20-10-6-8-15-7-4-5-9-19(15)20)30(27,28)18-12-16(23)11-17(24)13-18/h4-13H,14H2,1-3H3. The lowest BCUT2D eigenvalue weighted by Crippen LogP contribution is -2.39. The zero-order valence-corrected chi connectivity index (χ0v) is 19.1. The monoisotopic (exact) mass is 465 g/mol. The summed E-state index contributed by atoms with van der Waals surface area (Å²) in [6.07, 6.45) is 0. The predicted molar refractivity (Wildman–Crippen MR) is 121 cm³/mol. The van der Waals surface area contributed by atoms with Crippen molar-refractivity contribution in [3.05, 3.63) is 70.7 Å². The smallest absolute Gasteiger partial charge is 0.327 e. The van der Waals surface area contributed by atoms with Gasteiger partial charge in [-0.3, -0.25) is 9.10 Å². The molecule has 0 atom stereocenters. The normalized spacial score (nSPS) is 12.0. The highest BCUT2D eigenvalue weighted by Gasteiger charge is 2.31. The van der Waals surface area contributed by atoms with Gasteiger partial charge in [0.1, 0.15) is 12.1 Å². The number of carbonyl (C=O) groups excluding carboxylic acids is 1. The molecule has 0 aliphatic heterocycles. The molecule has 0 bridgehead atoms. The van der Waals surface area contributed by atoms with Crippen LogP contribution in [0.4, 0.5) is 5.69 Å². The van der Waals surface area contributed by atoms with E-state index in [4.69, 9.17) is 27.9 Å². The minimum absolute atomic E-state index is 0.114. The number of hydrogen-bond acceptors (Lipinski definition) is 4. The van der Waals surface area contributed by atoms with Crippen LogP contribution in [0.1, 0.15) is 20.8 Å². The summed E-state index contributed by atoms with van der Waals surface area (Å²) in [5, 5.41) is 1.87. The van der Waals surface area contributed by atoms with Gasteiger partial charge in [0.2, 0.25) is 0 Å². The summed E-state index contributed by atoms with van der Waals surface area (Å²) < 4.78 is 33.6. The Morgan fingerprint density at radius 1 is 0.967 bits per heavy atom. The number of ether oxygens (including phenoxy) is 1. The van der Waals surface area contributed by atoms with E-state index < -0.39 is 28.1 Å². The van der Waals surface area contributed by atoms with Crippen LogP contribution in [0.3, 0.4) is 0 Å². The molecule has 0 N–H and O–H groups in total. The third kappa shape index (κ3) is 5.06. The summed E-state index contributed by atoms with van der Waals surface area (Å²) in [6.45, 7) is 4.66. The van der Waals surface area contributed by atoms with Crippen molar-refractivity contribution < 1.29 is 17.9 Å². The van der Waals surface area contributed by atoms with Crippen LogP contribution in [-0.4, -0.2) is 26.5 Å². The van der Waals surface area contributed by atoms with Crippen molar-refractivity contribution >= 4 is 55.7 Å². The van der Waals surface area contributed by atoms with Crippen molar-refractivity contribution in [1.82, 2.24) is 0 Å². The molecule has 5 nitrogen and oxygen atoms in total. The van der Waals surface area contributed by atoms with Gasteiger partial charge in [-0.2, -0.15) is 0 Å². The molecule has 0 saturated carbocycles. The molecule has 158 valence electrons. The Kier molecular flexibility index (Phi) is 6.32. The highest BCUT2D eigenvalue weighted by Crippen LogP contribution is 2.33. The molecule has 3 rings (SSSR count). The quantitative estimate of drug-likeness (QED) is 0.454. The number of sulfonamides is 1. The molecule has 0 aliphatic carbocycles. The summed E-state index contributed by atoms with van der Waals surface area (Å²) in [5.41, 5.74) is -0.403. The molecule has 0 heterocycles. The van der Waals surface area contributed by atoms with Crippen LogP contribution in [-0.2, 0) is 19.6 Å². The fourth-order valence-corrected chi connectivity index (χ4v) is 5.18. The minimum Gasteiger partial charge on any atom is -0.459 e. The molecule has 8 heteroatoms. The Morgan fingerprint density at radius 2 is 1.57 bits per heavy atom. The number of nitrogens with zero attached hydrogens (tertiary/aromatic N) is 1. The van der Waals surface area contributed by atoms with Crippen LogP contribution < -0.4 is 4.31 Å². The molecule has 0 radical (unpaired) electrons. The Hall–Kier alpha value is -2.28. The number of hydrogen-bond donors (Lipinski definition) is 0. The van der Waals surface area contributed by atoms with Gasteiger partial charge in [-0.15, -0.1) is 0 Å². The van der Waals surface area contributed by atoms with Crippen molar-refractivity contribution in [2.75, 3.05) is 10.8 Å². The number of anilines is 1. The van der Waals surface area contributed by atoms with Gasteiger partial charge in [-0.25, -0.2) is 8.42 Å². The Labute approximate surface area is 186 Å². The summed E-state index contributed by atoms with van der Waals surface area (Å²) >= 11 is 12.1. The number of rotatable bonds is 5. The van der Waals surface area contributed by atoms with E-state index in [1.807, 2.05) is 18.2 Å².